The van der Waals surface area contributed by atoms with E-state index in [0.717, 1.165) is 16.5 Å². The molecule has 0 aliphatic rings. The first-order chi connectivity index (χ1) is 12.9. The van der Waals surface area contributed by atoms with Gasteiger partial charge in [0, 0.05) is 19.2 Å². The van der Waals surface area contributed by atoms with Crippen LogP contribution in [0.15, 0.2) is 53.3 Å². The van der Waals surface area contributed by atoms with Crippen LogP contribution in [0.25, 0.3) is 10.9 Å². The molecular weight excluding hydrogens is 349 g/mol. The molecule has 2 N–H and O–H groups in total. The Bertz CT molecular complexity index is 1020. The van der Waals surface area contributed by atoms with Crippen LogP contribution >= 0.6 is 0 Å². The third kappa shape index (κ3) is 3.86. The molecule has 5 nitrogen and oxygen atoms in total. The summed E-state index contributed by atoms with van der Waals surface area (Å²) >= 11 is 0. The normalized spacial score (nSPS) is 13.5. The van der Waals surface area contributed by atoms with E-state index in [4.69, 9.17) is 4.74 Å². The maximum absolute atomic E-state index is 13.9. The van der Waals surface area contributed by atoms with Crippen LogP contribution in [-0.2, 0) is 19.3 Å². The van der Waals surface area contributed by atoms with Gasteiger partial charge in [-0.15, -0.1) is 0 Å². The Labute approximate surface area is 156 Å². The van der Waals surface area contributed by atoms with E-state index < -0.39 is 18.0 Å². The van der Waals surface area contributed by atoms with Crippen LogP contribution in [0.2, 0.25) is 0 Å². The number of pyridine rings is 1. The number of aryl methyl sites for hydroxylation is 1. The van der Waals surface area contributed by atoms with Crippen LogP contribution in [0, 0.1) is 5.82 Å². The molecule has 3 rings (SSSR count). The summed E-state index contributed by atoms with van der Waals surface area (Å²) < 4.78 is 21.2. The minimum Gasteiger partial charge on any atom is -0.489 e. The highest BCUT2D eigenvalue weighted by molar-refractivity contribution is 5.79. The van der Waals surface area contributed by atoms with Gasteiger partial charge in [-0.05, 0) is 53.3 Å². The van der Waals surface area contributed by atoms with Crippen LogP contribution in [0.5, 0.6) is 5.75 Å². The van der Waals surface area contributed by atoms with E-state index in [-0.39, 0.29) is 29.9 Å². The highest BCUT2D eigenvalue weighted by Gasteiger charge is 2.27. The predicted octanol–water partition coefficient (Wildman–Crippen LogP) is 2.85. The Morgan fingerprint density at radius 1 is 1.15 bits per heavy atom. The Morgan fingerprint density at radius 2 is 1.93 bits per heavy atom. The number of rotatable bonds is 6. The smallest absolute Gasteiger partial charge is 0.250 e. The highest BCUT2D eigenvalue weighted by Crippen LogP contribution is 2.29. The maximum atomic E-state index is 13.9. The van der Waals surface area contributed by atoms with Crippen LogP contribution in [-0.4, -0.2) is 21.4 Å². The molecule has 0 radical (unpaired) electrons. The fourth-order valence-electron chi connectivity index (χ4n) is 3.01. The largest absolute Gasteiger partial charge is 0.489 e. The summed E-state index contributed by atoms with van der Waals surface area (Å²) in [5.74, 6) is -0.276. The van der Waals surface area contributed by atoms with Crippen molar-refractivity contribution >= 4 is 10.9 Å². The zero-order valence-corrected chi connectivity index (χ0v) is 15.3. The second-order valence-electron chi connectivity index (χ2n) is 6.63. The molecular formula is C21H22FNO4. The number of benzene rings is 2. The molecule has 27 heavy (non-hydrogen) atoms. The second kappa shape index (κ2) is 7.50. The first-order valence-corrected chi connectivity index (χ1v) is 8.72. The van der Waals surface area contributed by atoms with E-state index in [1.807, 2.05) is 18.2 Å². The van der Waals surface area contributed by atoms with Crippen molar-refractivity contribution < 1.29 is 19.3 Å². The molecule has 1 heterocycles. The molecule has 3 aromatic rings. The molecule has 1 aromatic heterocycles. The van der Waals surface area contributed by atoms with Gasteiger partial charge in [-0.25, -0.2) is 4.39 Å². The Kier molecular flexibility index (Phi) is 5.30. The van der Waals surface area contributed by atoms with Crippen molar-refractivity contribution in [3.8, 4) is 5.75 Å². The zero-order valence-electron chi connectivity index (χ0n) is 15.3. The summed E-state index contributed by atoms with van der Waals surface area (Å²) in [6, 6.07) is 12.8. The number of nitrogens with zero attached hydrogens (tertiary/aromatic N) is 1. The number of hydrogen-bond donors (Lipinski definition) is 2. The molecule has 2 aromatic carbocycles. The molecule has 0 saturated heterocycles. The van der Waals surface area contributed by atoms with Crippen molar-refractivity contribution in [1.82, 2.24) is 4.57 Å². The van der Waals surface area contributed by atoms with E-state index in [1.54, 1.807) is 24.6 Å². The van der Waals surface area contributed by atoms with E-state index in [2.05, 4.69) is 0 Å². The molecule has 0 bridgehead atoms. The van der Waals surface area contributed by atoms with Crippen molar-refractivity contribution in [3.05, 3.63) is 75.8 Å². The van der Waals surface area contributed by atoms with Gasteiger partial charge < -0.3 is 19.5 Å². The molecule has 0 saturated carbocycles. The Hall–Kier alpha value is -2.70. The standard InChI is InChI=1S/C21H22FNO4/c1-3-21(26,13-24)16-9-17(22)11-18(10-16)27-12-14-4-6-19-15(8-14)5-7-20(25)23(19)2/h4-11,24,26H,3,12-13H2,1-2H3. The summed E-state index contributed by atoms with van der Waals surface area (Å²) in [4.78, 5) is 11.7. The number of halogens is 1. The fraction of sp³-hybridized carbons (Fsp3) is 0.286. The third-order valence-electron chi connectivity index (χ3n) is 4.85. The van der Waals surface area contributed by atoms with Gasteiger partial charge in [0.05, 0.1) is 12.1 Å². The lowest BCUT2D eigenvalue weighted by molar-refractivity contribution is -0.0226. The number of ether oxygens (including phenoxy) is 1. The summed E-state index contributed by atoms with van der Waals surface area (Å²) in [6.07, 6.45) is 0.246. The number of aromatic nitrogens is 1. The van der Waals surface area contributed by atoms with Gasteiger partial charge in [-0.1, -0.05) is 13.0 Å². The van der Waals surface area contributed by atoms with Gasteiger partial charge in [-0.2, -0.15) is 0 Å². The average molecular weight is 371 g/mol. The van der Waals surface area contributed by atoms with Crippen molar-refractivity contribution in [2.45, 2.75) is 25.6 Å². The number of aliphatic hydroxyl groups is 2. The lowest BCUT2D eigenvalue weighted by Gasteiger charge is -2.25. The van der Waals surface area contributed by atoms with E-state index in [9.17, 15) is 19.4 Å². The third-order valence-corrected chi connectivity index (χ3v) is 4.85. The summed E-state index contributed by atoms with van der Waals surface area (Å²) in [6.45, 7) is 1.41. The van der Waals surface area contributed by atoms with Crippen LogP contribution in [0.3, 0.4) is 0 Å². The fourth-order valence-corrected chi connectivity index (χ4v) is 3.01. The minimum absolute atomic E-state index is 0.0777. The molecule has 0 spiro atoms. The van der Waals surface area contributed by atoms with E-state index >= 15 is 0 Å². The predicted molar refractivity (Wildman–Crippen MR) is 101 cm³/mol. The number of fused-ring (bicyclic) bond motifs is 1. The first kappa shape index (κ1) is 19.1. The highest BCUT2D eigenvalue weighted by atomic mass is 19.1. The number of aliphatic hydroxyl groups excluding tert-OH is 1. The molecule has 1 unspecified atom stereocenters. The number of hydrogen-bond acceptors (Lipinski definition) is 4. The molecule has 0 aliphatic heterocycles. The van der Waals surface area contributed by atoms with Crippen molar-refractivity contribution in [1.29, 1.82) is 0 Å². The first-order valence-electron chi connectivity index (χ1n) is 8.72. The zero-order chi connectivity index (χ0) is 19.6. The van der Waals surface area contributed by atoms with Gasteiger partial charge in [0.2, 0.25) is 0 Å². The van der Waals surface area contributed by atoms with Gasteiger partial charge in [0.25, 0.3) is 5.56 Å². The van der Waals surface area contributed by atoms with E-state index in [1.165, 1.54) is 24.3 Å². The monoisotopic (exact) mass is 371 g/mol. The molecule has 0 amide bonds. The summed E-state index contributed by atoms with van der Waals surface area (Å²) in [5.41, 5.74) is 0.366. The SMILES string of the molecule is CCC(O)(CO)c1cc(F)cc(OCc2ccc3c(ccc(=O)n3C)c2)c1. The lowest BCUT2D eigenvalue weighted by Crippen LogP contribution is -2.29. The van der Waals surface area contributed by atoms with E-state index in [0.29, 0.717) is 0 Å². The summed E-state index contributed by atoms with van der Waals surface area (Å²) in [7, 11) is 1.71. The van der Waals surface area contributed by atoms with Gasteiger partial charge in [0.1, 0.15) is 23.8 Å². The van der Waals surface area contributed by atoms with Crippen LogP contribution in [0.4, 0.5) is 4.39 Å². The minimum atomic E-state index is -1.51. The topological polar surface area (TPSA) is 71.7 Å². The van der Waals surface area contributed by atoms with Gasteiger partial charge in [-0.3, -0.25) is 4.79 Å². The quantitative estimate of drug-likeness (QED) is 0.699. The van der Waals surface area contributed by atoms with Crippen LogP contribution in [0.1, 0.15) is 24.5 Å². The van der Waals surface area contributed by atoms with Crippen molar-refractivity contribution in [2.24, 2.45) is 7.05 Å². The van der Waals surface area contributed by atoms with Gasteiger partial charge >= 0.3 is 0 Å². The molecule has 142 valence electrons. The summed E-state index contributed by atoms with van der Waals surface area (Å²) in [5, 5.41) is 20.7. The molecule has 0 fully saturated rings. The second-order valence-corrected chi connectivity index (χ2v) is 6.63. The van der Waals surface area contributed by atoms with Gasteiger partial charge in [0.15, 0.2) is 0 Å². The van der Waals surface area contributed by atoms with Crippen molar-refractivity contribution in [3.63, 3.8) is 0 Å². The maximum Gasteiger partial charge on any atom is 0.250 e. The Balaban J connectivity index is 1.84. The van der Waals surface area contributed by atoms with Crippen LogP contribution < -0.4 is 10.3 Å². The molecule has 6 heteroatoms. The Morgan fingerprint density at radius 3 is 2.63 bits per heavy atom. The molecule has 0 aliphatic carbocycles. The average Bonchev–Trinajstić information content (AvgIpc) is 2.68. The van der Waals surface area contributed by atoms with Crippen molar-refractivity contribution in [2.75, 3.05) is 6.61 Å². The molecule has 1 atom stereocenters. The lowest BCUT2D eigenvalue weighted by atomic mass is 9.92.